The standard InChI is InChI=1S/C32H33N5O4/c1-3-6-31(38)34-24-8-5-18-37(21-24)25-12-10-22(11-13-25)35-32(39)36-23-7-4-9-27(19-23)41-30-16-17-33-29-20-26(40-2)14-15-28(29)30/h3-4,6-7,9-17,19-20,24H,5,8,18,21H2,1-2H3,(H,34,38)(H2,35,36,39)/b6-3+. The number of ether oxygens (including phenoxy) is 2. The van der Waals surface area contributed by atoms with Crippen LogP contribution >= 0.6 is 0 Å². The van der Waals surface area contributed by atoms with Crippen molar-refractivity contribution in [3.05, 3.63) is 91.1 Å². The van der Waals surface area contributed by atoms with Gasteiger partial charge in [0.2, 0.25) is 5.91 Å². The largest absolute Gasteiger partial charge is 0.497 e. The number of carbonyl (C=O) groups is 2. The Kier molecular flexibility index (Phi) is 8.64. The third-order valence-electron chi connectivity index (χ3n) is 6.81. The maximum atomic E-state index is 12.7. The van der Waals surface area contributed by atoms with Gasteiger partial charge in [-0.15, -0.1) is 0 Å². The molecule has 1 aliphatic heterocycles. The van der Waals surface area contributed by atoms with Crippen molar-refractivity contribution in [3.63, 3.8) is 0 Å². The average Bonchev–Trinajstić information content (AvgIpc) is 2.98. The van der Waals surface area contributed by atoms with Crippen LogP contribution in [-0.2, 0) is 4.79 Å². The van der Waals surface area contributed by atoms with Gasteiger partial charge in [-0.1, -0.05) is 12.1 Å². The highest BCUT2D eigenvalue weighted by Crippen LogP contribution is 2.32. The normalized spacial score (nSPS) is 15.0. The molecule has 0 saturated carbocycles. The van der Waals surface area contributed by atoms with E-state index in [1.165, 1.54) is 0 Å². The van der Waals surface area contributed by atoms with Crippen LogP contribution in [0.3, 0.4) is 0 Å². The zero-order valence-corrected chi connectivity index (χ0v) is 23.1. The molecule has 0 spiro atoms. The van der Waals surface area contributed by atoms with Gasteiger partial charge in [-0.05, 0) is 80.4 Å². The van der Waals surface area contributed by atoms with Crippen LogP contribution in [0.1, 0.15) is 19.8 Å². The minimum absolute atomic E-state index is 0.0612. The minimum atomic E-state index is -0.360. The fourth-order valence-electron chi connectivity index (χ4n) is 4.86. The van der Waals surface area contributed by atoms with E-state index in [0.717, 1.165) is 48.3 Å². The third kappa shape index (κ3) is 7.13. The molecular weight excluding hydrogens is 518 g/mol. The van der Waals surface area contributed by atoms with Crippen LogP contribution in [0.4, 0.5) is 21.9 Å². The molecule has 1 aliphatic rings. The first-order valence-corrected chi connectivity index (χ1v) is 13.6. The van der Waals surface area contributed by atoms with Crippen molar-refractivity contribution in [1.82, 2.24) is 10.3 Å². The molecular formula is C32H33N5O4. The van der Waals surface area contributed by atoms with Crippen LogP contribution < -0.4 is 30.3 Å². The van der Waals surface area contributed by atoms with Crippen molar-refractivity contribution in [3.8, 4) is 17.2 Å². The average molecular weight is 552 g/mol. The minimum Gasteiger partial charge on any atom is -0.497 e. The van der Waals surface area contributed by atoms with Crippen LogP contribution in [-0.4, -0.2) is 43.2 Å². The highest BCUT2D eigenvalue weighted by molar-refractivity contribution is 6.00. The van der Waals surface area contributed by atoms with Crippen LogP contribution in [0, 0.1) is 0 Å². The molecule has 1 saturated heterocycles. The number of allylic oxidation sites excluding steroid dienone is 1. The summed E-state index contributed by atoms with van der Waals surface area (Å²) in [4.78, 5) is 31.3. The van der Waals surface area contributed by atoms with E-state index in [9.17, 15) is 9.59 Å². The number of urea groups is 1. The van der Waals surface area contributed by atoms with Gasteiger partial charge in [0, 0.05) is 59.9 Å². The van der Waals surface area contributed by atoms with Gasteiger partial charge in [-0.2, -0.15) is 0 Å². The van der Waals surface area contributed by atoms with E-state index in [2.05, 4.69) is 25.8 Å². The monoisotopic (exact) mass is 551 g/mol. The molecule has 5 rings (SSSR count). The molecule has 1 fully saturated rings. The predicted octanol–water partition coefficient (Wildman–Crippen LogP) is 6.34. The van der Waals surface area contributed by atoms with Crippen LogP contribution in [0.5, 0.6) is 17.2 Å². The highest BCUT2D eigenvalue weighted by atomic mass is 16.5. The number of benzene rings is 3. The lowest BCUT2D eigenvalue weighted by Crippen LogP contribution is -2.47. The number of pyridine rings is 1. The predicted molar refractivity (Wildman–Crippen MR) is 162 cm³/mol. The zero-order chi connectivity index (χ0) is 28.6. The number of hydrogen-bond donors (Lipinski definition) is 3. The van der Waals surface area contributed by atoms with Crippen molar-refractivity contribution in [2.24, 2.45) is 0 Å². The second-order valence-corrected chi connectivity index (χ2v) is 9.74. The van der Waals surface area contributed by atoms with E-state index in [1.807, 2.05) is 61.5 Å². The first kappa shape index (κ1) is 27.5. The summed E-state index contributed by atoms with van der Waals surface area (Å²) in [5, 5.41) is 9.66. The molecule has 0 radical (unpaired) electrons. The van der Waals surface area contributed by atoms with Gasteiger partial charge in [0.1, 0.15) is 17.2 Å². The summed E-state index contributed by atoms with van der Waals surface area (Å²) in [5.41, 5.74) is 3.08. The molecule has 2 heterocycles. The molecule has 0 aliphatic carbocycles. The molecule has 9 heteroatoms. The Morgan fingerprint density at radius 1 is 0.976 bits per heavy atom. The number of hydrogen-bond acceptors (Lipinski definition) is 6. The van der Waals surface area contributed by atoms with E-state index in [4.69, 9.17) is 9.47 Å². The first-order valence-electron chi connectivity index (χ1n) is 13.6. The van der Waals surface area contributed by atoms with Crippen molar-refractivity contribution < 1.29 is 19.1 Å². The molecule has 3 aromatic carbocycles. The lowest BCUT2D eigenvalue weighted by Gasteiger charge is -2.34. The van der Waals surface area contributed by atoms with Crippen molar-refractivity contribution in [2.45, 2.75) is 25.8 Å². The molecule has 1 atom stereocenters. The fourth-order valence-corrected chi connectivity index (χ4v) is 4.86. The van der Waals surface area contributed by atoms with E-state index >= 15 is 0 Å². The van der Waals surface area contributed by atoms with E-state index in [1.54, 1.807) is 43.7 Å². The molecule has 3 amide bonds. The number of nitrogens with zero attached hydrogens (tertiary/aromatic N) is 2. The molecule has 3 N–H and O–H groups in total. The molecule has 1 aromatic heterocycles. The van der Waals surface area contributed by atoms with Crippen molar-refractivity contribution >= 4 is 39.9 Å². The number of aromatic nitrogens is 1. The van der Waals surface area contributed by atoms with Crippen molar-refractivity contribution in [2.75, 3.05) is 35.7 Å². The number of carbonyl (C=O) groups excluding carboxylic acids is 2. The zero-order valence-electron chi connectivity index (χ0n) is 23.1. The third-order valence-corrected chi connectivity index (χ3v) is 6.81. The number of fused-ring (bicyclic) bond motifs is 1. The number of methoxy groups -OCH3 is 1. The van der Waals surface area contributed by atoms with Crippen molar-refractivity contribution in [1.29, 1.82) is 0 Å². The van der Waals surface area contributed by atoms with Gasteiger partial charge in [-0.3, -0.25) is 9.78 Å². The van der Waals surface area contributed by atoms with Gasteiger partial charge >= 0.3 is 6.03 Å². The Morgan fingerprint density at radius 3 is 2.61 bits per heavy atom. The Hall–Kier alpha value is -5.05. The van der Waals surface area contributed by atoms with Gasteiger partial charge in [0.05, 0.1) is 12.6 Å². The topological polar surface area (TPSA) is 105 Å². The van der Waals surface area contributed by atoms with Crippen LogP contribution in [0.15, 0.2) is 91.1 Å². The summed E-state index contributed by atoms with van der Waals surface area (Å²) in [6, 6.07) is 22.1. The number of rotatable bonds is 8. The lowest BCUT2D eigenvalue weighted by molar-refractivity contribution is -0.117. The second kappa shape index (κ2) is 12.9. The summed E-state index contributed by atoms with van der Waals surface area (Å²) in [5.74, 6) is 1.89. The maximum Gasteiger partial charge on any atom is 0.323 e. The summed E-state index contributed by atoms with van der Waals surface area (Å²) in [6.07, 6.45) is 6.93. The number of amides is 3. The van der Waals surface area contributed by atoms with E-state index in [-0.39, 0.29) is 18.0 Å². The lowest BCUT2D eigenvalue weighted by atomic mass is 10.0. The Morgan fingerprint density at radius 2 is 1.80 bits per heavy atom. The molecule has 0 bridgehead atoms. The number of nitrogens with one attached hydrogen (secondary N) is 3. The Labute approximate surface area is 239 Å². The Bertz CT molecular complexity index is 1550. The number of piperidine rings is 1. The smallest absolute Gasteiger partial charge is 0.323 e. The van der Waals surface area contributed by atoms with Gasteiger partial charge in [0.25, 0.3) is 0 Å². The molecule has 9 nitrogen and oxygen atoms in total. The second-order valence-electron chi connectivity index (χ2n) is 9.74. The molecule has 41 heavy (non-hydrogen) atoms. The quantitative estimate of drug-likeness (QED) is 0.221. The Balaban J connectivity index is 1.18. The SMILES string of the molecule is C/C=C/C(=O)NC1CCCN(c2ccc(NC(=O)Nc3cccc(Oc4ccnc5cc(OC)ccc45)c3)cc2)C1. The van der Waals surface area contributed by atoms with E-state index < -0.39 is 0 Å². The maximum absolute atomic E-state index is 12.7. The molecule has 210 valence electrons. The summed E-state index contributed by atoms with van der Waals surface area (Å²) in [7, 11) is 1.62. The molecule has 4 aromatic rings. The van der Waals surface area contributed by atoms with Gasteiger partial charge < -0.3 is 30.3 Å². The molecule has 1 unspecified atom stereocenters. The van der Waals surface area contributed by atoms with Gasteiger partial charge in [-0.25, -0.2) is 4.79 Å². The summed E-state index contributed by atoms with van der Waals surface area (Å²) < 4.78 is 11.4. The summed E-state index contributed by atoms with van der Waals surface area (Å²) >= 11 is 0. The van der Waals surface area contributed by atoms with Crippen LogP contribution in [0.25, 0.3) is 10.9 Å². The van der Waals surface area contributed by atoms with E-state index in [0.29, 0.717) is 22.9 Å². The first-order chi connectivity index (χ1) is 20.0. The summed E-state index contributed by atoms with van der Waals surface area (Å²) in [6.45, 7) is 3.50. The fraction of sp³-hybridized carbons (Fsp3) is 0.219. The number of anilines is 3. The highest BCUT2D eigenvalue weighted by Gasteiger charge is 2.21. The van der Waals surface area contributed by atoms with Crippen LogP contribution in [0.2, 0.25) is 0 Å². The van der Waals surface area contributed by atoms with Gasteiger partial charge in [0.15, 0.2) is 0 Å².